The van der Waals surface area contributed by atoms with Crippen LogP contribution in [0, 0.1) is 34.6 Å². The molecule has 0 bridgehead atoms. The second-order valence-electron chi connectivity index (χ2n) is 6.86. The highest BCUT2D eigenvalue weighted by Gasteiger charge is 2.04. The summed E-state index contributed by atoms with van der Waals surface area (Å²) in [6.45, 7) is 21.8. The summed E-state index contributed by atoms with van der Waals surface area (Å²) in [5.41, 5.74) is 9.65. The summed E-state index contributed by atoms with van der Waals surface area (Å²) < 4.78 is 5.18. The van der Waals surface area contributed by atoms with Gasteiger partial charge in [0.2, 0.25) is 0 Å². The van der Waals surface area contributed by atoms with Gasteiger partial charge in [-0.15, -0.1) is 6.58 Å². The van der Waals surface area contributed by atoms with E-state index in [0.717, 1.165) is 23.6 Å². The van der Waals surface area contributed by atoms with Crippen LogP contribution in [0.5, 0.6) is 5.75 Å². The van der Waals surface area contributed by atoms with Crippen molar-refractivity contribution >= 4 is 5.69 Å². The van der Waals surface area contributed by atoms with E-state index in [1.165, 1.54) is 33.4 Å². The van der Waals surface area contributed by atoms with Crippen LogP contribution in [0.2, 0.25) is 0 Å². The van der Waals surface area contributed by atoms with Crippen LogP contribution < -0.4 is 10.1 Å². The fourth-order valence-corrected chi connectivity index (χ4v) is 3.13. The van der Waals surface area contributed by atoms with Crippen LogP contribution >= 0.6 is 0 Å². The van der Waals surface area contributed by atoms with Crippen molar-refractivity contribution in [3.8, 4) is 5.75 Å². The maximum Gasteiger partial charge on any atom is 0.119 e. The van der Waals surface area contributed by atoms with Crippen molar-refractivity contribution in [2.24, 2.45) is 0 Å². The van der Waals surface area contributed by atoms with E-state index in [4.69, 9.17) is 4.74 Å². The minimum Gasteiger partial charge on any atom is -0.497 e. The molecule has 0 atom stereocenters. The number of aryl methyl sites for hydroxylation is 5. The van der Waals surface area contributed by atoms with E-state index in [2.05, 4.69) is 83.9 Å². The zero-order chi connectivity index (χ0) is 20.6. The third-order valence-electron chi connectivity index (χ3n) is 4.46. The van der Waals surface area contributed by atoms with E-state index in [1.807, 2.05) is 6.08 Å². The predicted molar refractivity (Wildman–Crippen MR) is 120 cm³/mol. The zero-order valence-electron chi connectivity index (χ0n) is 17.7. The summed E-state index contributed by atoms with van der Waals surface area (Å²) >= 11 is 0. The fraction of sp³-hybridized carbons (Fsp3) is 0.280. The Bertz CT molecular complexity index is 784. The molecule has 0 radical (unpaired) electrons. The van der Waals surface area contributed by atoms with Gasteiger partial charge in [-0.1, -0.05) is 36.9 Å². The summed E-state index contributed by atoms with van der Waals surface area (Å²) in [4.78, 5) is 0. The first-order valence-corrected chi connectivity index (χ1v) is 9.14. The summed E-state index contributed by atoms with van der Waals surface area (Å²) in [7, 11) is 1.70. The maximum atomic E-state index is 5.18. The van der Waals surface area contributed by atoms with Crippen LogP contribution in [0.1, 0.15) is 33.4 Å². The number of methoxy groups -OCH3 is 1. The van der Waals surface area contributed by atoms with Crippen LogP contribution in [-0.4, -0.2) is 7.11 Å². The molecule has 0 unspecified atom stereocenters. The number of allylic oxidation sites excluding steroid dienone is 2. The lowest BCUT2D eigenvalue weighted by atomic mass is 10.00. The molecule has 0 heterocycles. The molecule has 0 spiro atoms. The van der Waals surface area contributed by atoms with Gasteiger partial charge in [0.1, 0.15) is 5.75 Å². The van der Waals surface area contributed by atoms with Gasteiger partial charge in [-0.3, -0.25) is 0 Å². The van der Waals surface area contributed by atoms with E-state index in [9.17, 15) is 0 Å². The van der Waals surface area contributed by atoms with Gasteiger partial charge in [0.05, 0.1) is 7.11 Å². The monoisotopic (exact) mass is 363 g/mol. The topological polar surface area (TPSA) is 21.3 Å². The van der Waals surface area contributed by atoms with Gasteiger partial charge in [-0.2, -0.15) is 0 Å². The Labute approximate surface area is 165 Å². The Hall–Kier alpha value is -2.74. The Kier molecular flexibility index (Phi) is 8.61. The van der Waals surface area contributed by atoms with E-state index in [0.29, 0.717) is 0 Å². The second kappa shape index (κ2) is 10.4. The van der Waals surface area contributed by atoms with E-state index < -0.39 is 0 Å². The molecule has 0 aliphatic heterocycles. The van der Waals surface area contributed by atoms with Gasteiger partial charge in [-0.25, -0.2) is 0 Å². The molecule has 27 heavy (non-hydrogen) atoms. The quantitative estimate of drug-likeness (QED) is 0.452. The Balaban J connectivity index is 0.000000271. The van der Waals surface area contributed by atoms with Gasteiger partial charge >= 0.3 is 0 Å². The first kappa shape index (κ1) is 22.3. The van der Waals surface area contributed by atoms with Crippen molar-refractivity contribution in [3.05, 3.63) is 95.2 Å². The first-order valence-electron chi connectivity index (χ1n) is 9.14. The highest BCUT2D eigenvalue weighted by Crippen LogP contribution is 2.23. The number of hydrogen-bond donors (Lipinski definition) is 1. The van der Waals surface area contributed by atoms with Crippen molar-refractivity contribution in [1.29, 1.82) is 0 Å². The molecule has 2 aromatic rings. The van der Waals surface area contributed by atoms with Crippen molar-refractivity contribution in [2.45, 2.75) is 41.0 Å². The summed E-state index contributed by atoms with van der Waals surface area (Å²) in [6.07, 6.45) is 4.59. The van der Waals surface area contributed by atoms with Crippen LogP contribution in [-0.2, 0) is 6.42 Å². The molecule has 0 aliphatic carbocycles. The molecule has 2 heteroatoms. The van der Waals surface area contributed by atoms with Crippen molar-refractivity contribution in [3.63, 3.8) is 0 Å². The maximum absolute atomic E-state index is 5.18. The Morgan fingerprint density at radius 3 is 1.85 bits per heavy atom. The summed E-state index contributed by atoms with van der Waals surface area (Å²) in [5, 5.41) is 3.24. The normalized spacial score (nSPS) is 9.70. The number of ether oxygens (including phenoxy) is 1. The summed E-state index contributed by atoms with van der Waals surface area (Å²) in [6, 6.07) is 8.44. The van der Waals surface area contributed by atoms with Crippen LogP contribution in [0.25, 0.3) is 0 Å². The molecule has 2 nitrogen and oxygen atoms in total. The molecule has 0 fully saturated rings. The molecule has 0 amide bonds. The Morgan fingerprint density at radius 1 is 0.926 bits per heavy atom. The van der Waals surface area contributed by atoms with E-state index >= 15 is 0 Å². The molecule has 0 aromatic heterocycles. The smallest absolute Gasteiger partial charge is 0.119 e. The van der Waals surface area contributed by atoms with E-state index in [1.54, 1.807) is 13.2 Å². The third kappa shape index (κ3) is 6.49. The molecular weight excluding hydrogens is 330 g/mol. The molecule has 0 saturated carbocycles. The average molecular weight is 364 g/mol. The van der Waals surface area contributed by atoms with Crippen molar-refractivity contribution in [2.75, 3.05) is 12.4 Å². The second-order valence-corrected chi connectivity index (χ2v) is 6.86. The highest BCUT2D eigenvalue weighted by molar-refractivity contribution is 5.61. The number of anilines is 1. The molecule has 0 aliphatic rings. The molecule has 0 saturated heterocycles. The zero-order valence-corrected chi connectivity index (χ0v) is 17.7. The molecule has 2 rings (SSSR count). The fourth-order valence-electron chi connectivity index (χ4n) is 3.13. The van der Waals surface area contributed by atoms with E-state index in [-0.39, 0.29) is 0 Å². The highest BCUT2D eigenvalue weighted by atomic mass is 16.5. The molecule has 144 valence electrons. The average Bonchev–Trinajstić information content (AvgIpc) is 2.61. The standard InChI is InChI=1S/C13H17N.C12H16O/c1-6-12(5)14-13-10(3)7-9(2)8-11(13)4;1-5-6-12-9(2)7-11(13-4)8-10(12)3/h6-8,14H,1,5H2,2-4H3;5,7-8H,1,6H2,2-4H3. The van der Waals surface area contributed by atoms with Gasteiger partial charge < -0.3 is 10.1 Å². The minimum atomic E-state index is 0.833. The molecule has 2 aromatic carbocycles. The third-order valence-corrected chi connectivity index (χ3v) is 4.46. The first-order chi connectivity index (χ1) is 12.7. The molecule has 1 N–H and O–H groups in total. The van der Waals surface area contributed by atoms with Crippen molar-refractivity contribution in [1.82, 2.24) is 0 Å². The van der Waals surface area contributed by atoms with Crippen molar-refractivity contribution < 1.29 is 4.74 Å². The lowest BCUT2D eigenvalue weighted by molar-refractivity contribution is 0.414. The number of nitrogens with one attached hydrogen (secondary N) is 1. The Morgan fingerprint density at radius 2 is 1.44 bits per heavy atom. The predicted octanol–water partition coefficient (Wildman–Crippen LogP) is 6.76. The minimum absolute atomic E-state index is 0.833. The SMILES string of the molecule is C=CC(=C)Nc1c(C)cc(C)cc1C.C=CCc1c(C)cc(OC)cc1C. The van der Waals surface area contributed by atoms with Gasteiger partial charge in [-0.05, 0) is 87.1 Å². The lowest BCUT2D eigenvalue weighted by Gasteiger charge is -2.13. The largest absolute Gasteiger partial charge is 0.497 e. The van der Waals surface area contributed by atoms with Crippen LogP contribution in [0.15, 0.2) is 61.9 Å². The lowest BCUT2D eigenvalue weighted by Crippen LogP contribution is -2.00. The number of rotatable bonds is 6. The van der Waals surface area contributed by atoms with Gasteiger partial charge in [0.15, 0.2) is 0 Å². The number of benzene rings is 2. The summed E-state index contributed by atoms with van der Waals surface area (Å²) in [5.74, 6) is 0.933. The molecular formula is C25H33NO. The van der Waals surface area contributed by atoms with Gasteiger partial charge in [0.25, 0.3) is 0 Å². The number of hydrogen-bond acceptors (Lipinski definition) is 2. The van der Waals surface area contributed by atoms with Crippen LogP contribution in [0.3, 0.4) is 0 Å². The van der Waals surface area contributed by atoms with Crippen LogP contribution in [0.4, 0.5) is 5.69 Å². The van der Waals surface area contributed by atoms with Gasteiger partial charge in [0, 0.05) is 11.4 Å².